The van der Waals surface area contributed by atoms with Crippen molar-refractivity contribution in [2.24, 2.45) is 16.2 Å². The monoisotopic (exact) mass is 370 g/mol. The van der Waals surface area contributed by atoms with Crippen LogP contribution in [0.3, 0.4) is 0 Å². The summed E-state index contributed by atoms with van der Waals surface area (Å²) in [6.07, 6.45) is 12.8. The van der Waals surface area contributed by atoms with Gasteiger partial charge in [0, 0.05) is 0 Å². The van der Waals surface area contributed by atoms with Crippen LogP contribution in [-0.4, -0.2) is 13.2 Å². The van der Waals surface area contributed by atoms with Crippen molar-refractivity contribution in [1.82, 2.24) is 0 Å². The van der Waals surface area contributed by atoms with Gasteiger partial charge in [-0.1, -0.05) is 94.9 Å². The number of ether oxygens (including phenoxy) is 1. The number of hydrogen-bond donors (Lipinski definition) is 0. The first kappa shape index (κ1) is 28.2. The zero-order valence-electron chi connectivity index (χ0n) is 20.4. The number of rotatable bonds is 14. The summed E-state index contributed by atoms with van der Waals surface area (Å²) in [5, 5.41) is 0. The zero-order chi connectivity index (χ0) is 20.7. The summed E-state index contributed by atoms with van der Waals surface area (Å²) in [6.45, 7) is 24.9. The minimum absolute atomic E-state index is 0.418. The largest absolute Gasteiger partial charge is 0.380 e. The van der Waals surface area contributed by atoms with E-state index in [2.05, 4.69) is 69.2 Å². The smallest absolute Gasteiger partial charge is 0.0522 e. The molecule has 0 aromatic carbocycles. The molecule has 0 unspecified atom stereocenters. The third-order valence-electron chi connectivity index (χ3n) is 8.32. The van der Waals surface area contributed by atoms with Gasteiger partial charge in [-0.25, -0.2) is 0 Å². The van der Waals surface area contributed by atoms with E-state index >= 15 is 0 Å². The molecule has 0 radical (unpaired) electrons. The molecule has 0 amide bonds. The molecule has 0 saturated carbocycles. The summed E-state index contributed by atoms with van der Waals surface area (Å²) in [7, 11) is 0. The van der Waals surface area contributed by atoms with E-state index in [0.29, 0.717) is 16.2 Å². The van der Waals surface area contributed by atoms with Gasteiger partial charge in [0.15, 0.2) is 0 Å². The van der Waals surface area contributed by atoms with Crippen LogP contribution >= 0.6 is 0 Å². The lowest BCUT2D eigenvalue weighted by Crippen LogP contribution is -2.30. The molecule has 0 spiro atoms. The molecule has 0 rings (SSSR count). The van der Waals surface area contributed by atoms with Crippen molar-refractivity contribution in [3.05, 3.63) is 0 Å². The maximum Gasteiger partial charge on any atom is 0.0522 e. The van der Waals surface area contributed by atoms with E-state index in [1.807, 2.05) is 0 Å². The van der Waals surface area contributed by atoms with Crippen molar-refractivity contribution in [3.63, 3.8) is 0 Å². The van der Waals surface area contributed by atoms with Crippen LogP contribution in [0.1, 0.15) is 133 Å². The van der Waals surface area contributed by atoms with Gasteiger partial charge in [0.05, 0.1) is 13.2 Å². The minimum Gasteiger partial charge on any atom is -0.380 e. The Hall–Kier alpha value is -0.0400. The van der Waals surface area contributed by atoms with Gasteiger partial charge in [-0.3, -0.25) is 0 Å². The van der Waals surface area contributed by atoms with Crippen LogP contribution in [0.25, 0.3) is 0 Å². The van der Waals surface area contributed by atoms with Gasteiger partial charge in [-0.15, -0.1) is 0 Å². The van der Waals surface area contributed by atoms with Crippen LogP contribution in [0, 0.1) is 16.2 Å². The van der Waals surface area contributed by atoms with Crippen molar-refractivity contribution >= 4 is 0 Å². The van der Waals surface area contributed by atoms with Gasteiger partial charge in [-0.05, 0) is 54.8 Å². The highest BCUT2D eigenvalue weighted by molar-refractivity contribution is 4.78. The Morgan fingerprint density at radius 3 is 0.654 bits per heavy atom. The Bertz CT molecular complexity index is 241. The fourth-order valence-corrected chi connectivity index (χ4v) is 4.10. The highest BCUT2D eigenvalue weighted by Gasteiger charge is 2.28. The zero-order valence-corrected chi connectivity index (χ0v) is 20.4. The maximum absolute atomic E-state index is 6.11. The van der Waals surface area contributed by atoms with Crippen LogP contribution in [0.15, 0.2) is 0 Å². The minimum atomic E-state index is 0.418. The SMILES string of the molecule is CCC(CC)(CC)CC.CCC(CC)(CC)COCC(CC)(CC)CC. The van der Waals surface area contributed by atoms with Crippen molar-refractivity contribution in [1.29, 1.82) is 0 Å². The molecule has 0 aromatic heterocycles. The highest BCUT2D eigenvalue weighted by Crippen LogP contribution is 2.34. The van der Waals surface area contributed by atoms with Crippen LogP contribution in [-0.2, 0) is 4.74 Å². The Morgan fingerprint density at radius 2 is 0.538 bits per heavy atom. The van der Waals surface area contributed by atoms with Gasteiger partial charge in [0.25, 0.3) is 0 Å². The normalized spacial score (nSPS) is 12.7. The second-order valence-corrected chi connectivity index (χ2v) is 8.53. The van der Waals surface area contributed by atoms with E-state index in [0.717, 1.165) is 13.2 Å². The fraction of sp³-hybridized carbons (Fsp3) is 1.00. The average molecular weight is 371 g/mol. The van der Waals surface area contributed by atoms with Crippen LogP contribution in [0.5, 0.6) is 0 Å². The van der Waals surface area contributed by atoms with Crippen molar-refractivity contribution in [2.45, 2.75) is 133 Å². The molecule has 1 nitrogen and oxygen atoms in total. The maximum atomic E-state index is 6.11. The van der Waals surface area contributed by atoms with Gasteiger partial charge < -0.3 is 4.74 Å². The van der Waals surface area contributed by atoms with E-state index in [1.165, 1.54) is 64.2 Å². The predicted octanol–water partition coefficient (Wildman–Crippen LogP) is 9.05. The molecule has 0 fully saturated rings. The first-order valence-corrected chi connectivity index (χ1v) is 11.9. The van der Waals surface area contributed by atoms with E-state index in [9.17, 15) is 0 Å². The quantitative estimate of drug-likeness (QED) is 0.296. The Labute approximate surface area is 168 Å². The Kier molecular flexibility index (Phi) is 16.2. The van der Waals surface area contributed by atoms with Crippen LogP contribution < -0.4 is 0 Å². The summed E-state index contributed by atoms with van der Waals surface area (Å²) in [4.78, 5) is 0. The molecule has 26 heavy (non-hydrogen) atoms. The summed E-state index contributed by atoms with van der Waals surface area (Å²) in [6, 6.07) is 0. The lowest BCUT2D eigenvalue weighted by atomic mass is 9.78. The predicted molar refractivity (Wildman–Crippen MR) is 121 cm³/mol. The van der Waals surface area contributed by atoms with E-state index < -0.39 is 0 Å². The molecular formula is C25H54O. The van der Waals surface area contributed by atoms with Crippen molar-refractivity contribution in [3.8, 4) is 0 Å². The van der Waals surface area contributed by atoms with E-state index in [4.69, 9.17) is 4.74 Å². The lowest BCUT2D eigenvalue weighted by Gasteiger charge is -2.34. The summed E-state index contributed by atoms with van der Waals surface area (Å²) < 4.78 is 6.11. The fourth-order valence-electron chi connectivity index (χ4n) is 4.10. The highest BCUT2D eigenvalue weighted by atomic mass is 16.5. The first-order chi connectivity index (χ1) is 12.3. The second kappa shape index (κ2) is 14.9. The topological polar surface area (TPSA) is 9.23 Å². The third-order valence-corrected chi connectivity index (χ3v) is 8.32. The molecule has 0 aliphatic carbocycles. The molecule has 0 bridgehead atoms. The van der Waals surface area contributed by atoms with Gasteiger partial charge in [0.1, 0.15) is 0 Å². The molecule has 0 atom stereocenters. The third kappa shape index (κ3) is 8.77. The van der Waals surface area contributed by atoms with Gasteiger partial charge in [0.2, 0.25) is 0 Å². The van der Waals surface area contributed by atoms with Crippen LogP contribution in [0.4, 0.5) is 0 Å². The summed E-state index contributed by atoms with van der Waals surface area (Å²) in [5.74, 6) is 0. The molecule has 0 saturated heterocycles. The van der Waals surface area contributed by atoms with E-state index in [-0.39, 0.29) is 0 Å². The average Bonchev–Trinajstić information content (AvgIpc) is 2.72. The molecule has 1 heteroatoms. The number of hydrogen-bond acceptors (Lipinski definition) is 1. The van der Waals surface area contributed by atoms with Crippen molar-refractivity contribution < 1.29 is 4.74 Å². The molecule has 0 N–H and O–H groups in total. The van der Waals surface area contributed by atoms with Crippen molar-refractivity contribution in [2.75, 3.05) is 13.2 Å². The molecular weight excluding hydrogens is 316 g/mol. The molecule has 160 valence electrons. The second-order valence-electron chi connectivity index (χ2n) is 8.53. The Balaban J connectivity index is 0. The standard InChI is InChI=1S/C16H34O.C9H20/c1-7-15(8-2,9-3)13-17-14-16(10-4,11-5)12-6;1-5-9(6-2,7-3)8-4/h7-14H2,1-6H3;5-8H2,1-4H3. The first-order valence-electron chi connectivity index (χ1n) is 11.9. The molecule has 0 aliphatic rings. The van der Waals surface area contributed by atoms with E-state index in [1.54, 1.807) is 0 Å². The summed E-state index contributed by atoms with van der Waals surface area (Å²) in [5.41, 5.74) is 1.50. The van der Waals surface area contributed by atoms with Crippen LogP contribution in [0.2, 0.25) is 0 Å². The van der Waals surface area contributed by atoms with Gasteiger partial charge >= 0.3 is 0 Å². The van der Waals surface area contributed by atoms with Gasteiger partial charge in [-0.2, -0.15) is 0 Å². The Morgan fingerprint density at radius 1 is 0.346 bits per heavy atom. The summed E-state index contributed by atoms with van der Waals surface area (Å²) >= 11 is 0. The molecule has 0 heterocycles. The molecule has 0 aromatic rings. The molecule has 0 aliphatic heterocycles. The lowest BCUT2D eigenvalue weighted by molar-refractivity contribution is -0.0181.